The number of aromatic amines is 1. The van der Waals surface area contributed by atoms with Gasteiger partial charge in [-0.05, 0) is 18.9 Å². The molecule has 86 valence electrons. The first-order valence-corrected chi connectivity index (χ1v) is 6.57. The highest BCUT2D eigenvalue weighted by Crippen LogP contribution is 2.21. The maximum Gasteiger partial charge on any atom is 0.259 e. The van der Waals surface area contributed by atoms with Crippen molar-refractivity contribution in [2.24, 2.45) is 0 Å². The summed E-state index contributed by atoms with van der Waals surface area (Å²) in [5, 5.41) is 0.738. The molecule has 0 amide bonds. The van der Waals surface area contributed by atoms with Gasteiger partial charge < -0.3 is 4.98 Å². The summed E-state index contributed by atoms with van der Waals surface area (Å²) in [5.74, 6) is 0.823. The molecule has 3 nitrogen and oxygen atoms in total. The number of H-pyrrole nitrogens is 1. The lowest BCUT2D eigenvalue weighted by Gasteiger charge is -1.98. The van der Waals surface area contributed by atoms with Crippen LogP contribution in [-0.2, 0) is 12.8 Å². The number of fused-ring (bicyclic) bond motifs is 1. The Hall–Kier alpha value is -1.16. The summed E-state index contributed by atoms with van der Waals surface area (Å²) >= 11 is 1.63. The molecule has 2 aromatic heterocycles. The van der Waals surface area contributed by atoms with Crippen molar-refractivity contribution in [3.05, 3.63) is 27.1 Å². The molecule has 0 saturated carbocycles. The Morgan fingerprint density at radius 3 is 2.94 bits per heavy atom. The molecule has 0 saturated heterocycles. The van der Waals surface area contributed by atoms with E-state index in [1.165, 1.54) is 4.88 Å². The summed E-state index contributed by atoms with van der Waals surface area (Å²) in [4.78, 5) is 21.3. The zero-order valence-corrected chi connectivity index (χ0v) is 10.5. The Morgan fingerprint density at radius 1 is 1.44 bits per heavy atom. The Kier molecular flexibility index (Phi) is 3.39. The molecule has 2 aromatic rings. The largest absolute Gasteiger partial charge is 0.310 e. The lowest BCUT2D eigenvalue weighted by molar-refractivity contribution is 0.754. The van der Waals surface area contributed by atoms with Crippen molar-refractivity contribution in [3.8, 4) is 0 Å². The molecule has 0 spiro atoms. The van der Waals surface area contributed by atoms with E-state index in [2.05, 4.69) is 23.8 Å². The van der Waals surface area contributed by atoms with Gasteiger partial charge in [-0.2, -0.15) is 0 Å². The van der Waals surface area contributed by atoms with E-state index in [1.807, 2.05) is 6.07 Å². The molecule has 1 N–H and O–H groups in total. The fourth-order valence-electron chi connectivity index (χ4n) is 1.66. The van der Waals surface area contributed by atoms with Crippen LogP contribution in [0.1, 0.15) is 37.4 Å². The van der Waals surface area contributed by atoms with Gasteiger partial charge in [0.2, 0.25) is 0 Å². The second-order valence-corrected chi connectivity index (χ2v) is 5.02. The predicted molar refractivity (Wildman–Crippen MR) is 68.2 cm³/mol. The van der Waals surface area contributed by atoms with Crippen molar-refractivity contribution in [3.63, 3.8) is 0 Å². The van der Waals surface area contributed by atoms with Gasteiger partial charge in [0.1, 0.15) is 10.7 Å². The highest BCUT2D eigenvalue weighted by atomic mass is 32.1. The summed E-state index contributed by atoms with van der Waals surface area (Å²) in [6.45, 7) is 4.23. The molecule has 0 radical (unpaired) electrons. The Morgan fingerprint density at radius 2 is 2.25 bits per heavy atom. The van der Waals surface area contributed by atoms with Crippen LogP contribution >= 0.6 is 11.3 Å². The molecule has 0 aliphatic rings. The first kappa shape index (κ1) is 11.3. The molecular weight excluding hydrogens is 220 g/mol. The summed E-state index contributed by atoms with van der Waals surface area (Å²) in [5.41, 5.74) is 0.00653. The van der Waals surface area contributed by atoms with Crippen molar-refractivity contribution in [1.29, 1.82) is 0 Å². The van der Waals surface area contributed by atoms with Crippen LogP contribution in [0.15, 0.2) is 10.9 Å². The molecule has 0 fully saturated rings. The van der Waals surface area contributed by atoms with Crippen molar-refractivity contribution in [2.45, 2.75) is 39.5 Å². The molecule has 0 bridgehead atoms. The average molecular weight is 236 g/mol. The van der Waals surface area contributed by atoms with Gasteiger partial charge >= 0.3 is 0 Å². The van der Waals surface area contributed by atoms with Crippen LogP contribution in [0.4, 0.5) is 0 Å². The van der Waals surface area contributed by atoms with Gasteiger partial charge in [-0.1, -0.05) is 20.3 Å². The molecule has 0 aromatic carbocycles. The SMILES string of the molecule is CCCCc1nc2sc(CC)cc2c(=O)[nH]1. The predicted octanol–water partition coefficient (Wildman–Crippen LogP) is 2.89. The number of aromatic nitrogens is 2. The Labute approximate surface area is 98.5 Å². The molecule has 0 unspecified atom stereocenters. The van der Waals surface area contributed by atoms with E-state index in [0.717, 1.165) is 41.7 Å². The number of thiophene rings is 1. The summed E-state index contributed by atoms with van der Waals surface area (Å²) in [6, 6.07) is 1.95. The van der Waals surface area contributed by atoms with Crippen LogP contribution in [0.3, 0.4) is 0 Å². The standard InChI is InChI=1S/C12H16N2OS/c1-3-5-6-10-13-11(15)9-7-8(4-2)16-12(9)14-10/h7H,3-6H2,1-2H3,(H,13,14,15). The van der Waals surface area contributed by atoms with Crippen molar-refractivity contribution in [1.82, 2.24) is 9.97 Å². The molecule has 0 aliphatic heterocycles. The first-order valence-electron chi connectivity index (χ1n) is 5.76. The molecule has 2 rings (SSSR count). The molecule has 4 heteroatoms. The van der Waals surface area contributed by atoms with Gasteiger partial charge in [-0.25, -0.2) is 4.98 Å². The van der Waals surface area contributed by atoms with Gasteiger partial charge in [0.25, 0.3) is 5.56 Å². The number of aryl methyl sites for hydroxylation is 2. The first-order chi connectivity index (χ1) is 7.74. The minimum Gasteiger partial charge on any atom is -0.310 e. The van der Waals surface area contributed by atoms with Crippen molar-refractivity contribution >= 4 is 21.6 Å². The molecular formula is C12H16N2OS. The van der Waals surface area contributed by atoms with Gasteiger partial charge in [0.15, 0.2) is 0 Å². The second-order valence-electron chi connectivity index (χ2n) is 3.90. The fraction of sp³-hybridized carbons (Fsp3) is 0.500. The number of hydrogen-bond donors (Lipinski definition) is 1. The second kappa shape index (κ2) is 4.78. The van der Waals surface area contributed by atoms with Crippen LogP contribution in [-0.4, -0.2) is 9.97 Å². The maximum absolute atomic E-state index is 11.8. The average Bonchev–Trinajstić information content (AvgIpc) is 2.70. The maximum atomic E-state index is 11.8. The third-order valence-corrected chi connectivity index (χ3v) is 3.79. The minimum absolute atomic E-state index is 0.00653. The van der Waals surface area contributed by atoms with E-state index in [4.69, 9.17) is 0 Å². The van der Waals surface area contributed by atoms with E-state index >= 15 is 0 Å². The summed E-state index contributed by atoms with van der Waals surface area (Å²) in [7, 11) is 0. The Bertz CT molecular complexity index is 541. The van der Waals surface area contributed by atoms with Gasteiger partial charge in [0, 0.05) is 11.3 Å². The lowest BCUT2D eigenvalue weighted by atomic mass is 10.2. The third-order valence-electron chi connectivity index (χ3n) is 2.62. The summed E-state index contributed by atoms with van der Waals surface area (Å²) in [6.07, 6.45) is 4.01. The number of nitrogens with one attached hydrogen (secondary N) is 1. The van der Waals surface area contributed by atoms with Crippen molar-refractivity contribution in [2.75, 3.05) is 0 Å². The van der Waals surface area contributed by atoms with Crippen LogP contribution in [0.2, 0.25) is 0 Å². The summed E-state index contributed by atoms with van der Waals surface area (Å²) < 4.78 is 0. The van der Waals surface area contributed by atoms with Crippen LogP contribution < -0.4 is 5.56 Å². The minimum atomic E-state index is 0.00653. The number of rotatable bonds is 4. The zero-order chi connectivity index (χ0) is 11.5. The zero-order valence-electron chi connectivity index (χ0n) is 9.67. The molecule has 0 atom stereocenters. The number of hydrogen-bond acceptors (Lipinski definition) is 3. The van der Waals surface area contributed by atoms with E-state index in [0.29, 0.717) is 0 Å². The van der Waals surface area contributed by atoms with Crippen LogP contribution in [0.25, 0.3) is 10.2 Å². The highest BCUT2D eigenvalue weighted by Gasteiger charge is 2.07. The third kappa shape index (κ3) is 2.16. The smallest absolute Gasteiger partial charge is 0.259 e. The van der Waals surface area contributed by atoms with Gasteiger partial charge in [0.05, 0.1) is 5.39 Å². The van der Waals surface area contributed by atoms with Crippen LogP contribution in [0.5, 0.6) is 0 Å². The van der Waals surface area contributed by atoms with Crippen molar-refractivity contribution < 1.29 is 0 Å². The normalized spacial score (nSPS) is 11.1. The van der Waals surface area contributed by atoms with E-state index < -0.39 is 0 Å². The molecule has 0 aliphatic carbocycles. The fourth-order valence-corrected chi connectivity index (χ4v) is 2.65. The van der Waals surface area contributed by atoms with E-state index in [9.17, 15) is 4.79 Å². The van der Waals surface area contributed by atoms with E-state index in [-0.39, 0.29) is 5.56 Å². The van der Waals surface area contributed by atoms with Crippen LogP contribution in [0, 0.1) is 0 Å². The number of nitrogens with zero attached hydrogens (tertiary/aromatic N) is 1. The Balaban J connectivity index is 2.45. The van der Waals surface area contributed by atoms with E-state index in [1.54, 1.807) is 11.3 Å². The quantitative estimate of drug-likeness (QED) is 0.887. The lowest BCUT2D eigenvalue weighted by Crippen LogP contribution is -2.10. The monoisotopic (exact) mass is 236 g/mol. The molecule has 2 heterocycles. The topological polar surface area (TPSA) is 45.8 Å². The van der Waals surface area contributed by atoms with Gasteiger partial charge in [-0.15, -0.1) is 11.3 Å². The highest BCUT2D eigenvalue weighted by molar-refractivity contribution is 7.18. The molecule has 16 heavy (non-hydrogen) atoms. The number of unbranched alkanes of at least 4 members (excludes halogenated alkanes) is 1. The van der Waals surface area contributed by atoms with Gasteiger partial charge in [-0.3, -0.25) is 4.79 Å².